The molecule has 1 fully saturated rings. The third-order valence-electron chi connectivity index (χ3n) is 4.27. The molecule has 126 valence electrons. The Morgan fingerprint density at radius 2 is 1.52 bits per heavy atom. The quantitative estimate of drug-likeness (QED) is 0.622. The van der Waals surface area contributed by atoms with Gasteiger partial charge in [-0.2, -0.15) is 0 Å². The molecule has 0 spiro atoms. The molecule has 0 aromatic rings. The van der Waals surface area contributed by atoms with E-state index in [9.17, 15) is 0 Å². The van der Waals surface area contributed by atoms with E-state index in [0.717, 1.165) is 52.4 Å². The summed E-state index contributed by atoms with van der Waals surface area (Å²) in [5, 5.41) is 0. The maximum Gasteiger partial charge on any atom is 0.0593 e. The van der Waals surface area contributed by atoms with Crippen molar-refractivity contribution in [2.24, 2.45) is 5.73 Å². The summed E-state index contributed by atoms with van der Waals surface area (Å²) < 4.78 is 17.0. The molecule has 2 N–H and O–H groups in total. The van der Waals surface area contributed by atoms with Gasteiger partial charge in [-0.05, 0) is 40.5 Å². The normalized spacial score (nSPS) is 30.0. The average Bonchev–Trinajstić information content (AvgIpc) is 2.44. The van der Waals surface area contributed by atoms with Gasteiger partial charge in [0.25, 0.3) is 0 Å². The van der Waals surface area contributed by atoms with Gasteiger partial charge in [-0.25, -0.2) is 0 Å². The fourth-order valence-electron chi connectivity index (χ4n) is 3.42. The third-order valence-corrected chi connectivity index (χ3v) is 4.27. The monoisotopic (exact) mass is 302 g/mol. The van der Waals surface area contributed by atoms with Gasteiger partial charge in [0.2, 0.25) is 0 Å². The molecular formula is C16H34N2O3. The maximum atomic E-state index is 6.19. The lowest BCUT2D eigenvalue weighted by molar-refractivity contribution is -0.110. The summed E-state index contributed by atoms with van der Waals surface area (Å²) in [5.74, 6) is 0. The summed E-state index contributed by atoms with van der Waals surface area (Å²) in [6.07, 6.45) is 2.45. The molecule has 2 unspecified atom stereocenters. The predicted octanol–water partition coefficient (Wildman–Crippen LogP) is 1.65. The van der Waals surface area contributed by atoms with E-state index in [-0.39, 0.29) is 17.7 Å². The van der Waals surface area contributed by atoms with Gasteiger partial charge in [-0.3, -0.25) is 4.90 Å². The molecule has 1 rings (SSSR count). The minimum absolute atomic E-state index is 0.00524. The Hall–Kier alpha value is -0.200. The van der Waals surface area contributed by atoms with E-state index >= 15 is 0 Å². The van der Waals surface area contributed by atoms with Crippen LogP contribution in [-0.4, -0.2) is 68.7 Å². The number of rotatable bonds is 10. The van der Waals surface area contributed by atoms with Crippen LogP contribution in [0, 0.1) is 0 Å². The smallest absolute Gasteiger partial charge is 0.0593 e. The summed E-state index contributed by atoms with van der Waals surface area (Å²) in [6, 6.07) is 0. The van der Waals surface area contributed by atoms with Crippen molar-refractivity contribution < 1.29 is 14.2 Å². The Labute approximate surface area is 130 Å². The van der Waals surface area contributed by atoms with Crippen LogP contribution in [0.3, 0.4) is 0 Å². The SMILES string of the molecule is CCOCCN(CCOCC)C1(CN)CC(C)OC(C)C1. The van der Waals surface area contributed by atoms with Gasteiger partial charge in [0, 0.05) is 38.4 Å². The molecule has 1 saturated heterocycles. The molecule has 0 aliphatic carbocycles. The molecule has 0 bridgehead atoms. The molecular weight excluding hydrogens is 268 g/mol. The van der Waals surface area contributed by atoms with E-state index in [1.165, 1.54) is 0 Å². The molecule has 5 heteroatoms. The molecule has 5 nitrogen and oxygen atoms in total. The first kappa shape index (κ1) is 18.8. The summed E-state index contributed by atoms with van der Waals surface area (Å²) >= 11 is 0. The van der Waals surface area contributed by atoms with Crippen molar-refractivity contribution in [2.45, 2.75) is 58.3 Å². The summed E-state index contributed by atoms with van der Waals surface area (Å²) in [6.45, 7) is 13.8. The fraction of sp³-hybridized carbons (Fsp3) is 1.00. The van der Waals surface area contributed by atoms with Gasteiger partial charge in [-0.15, -0.1) is 0 Å². The molecule has 0 amide bonds. The zero-order chi connectivity index (χ0) is 15.7. The molecule has 1 heterocycles. The Balaban J connectivity index is 2.73. The molecule has 1 aliphatic rings. The van der Waals surface area contributed by atoms with E-state index in [2.05, 4.69) is 18.7 Å². The average molecular weight is 302 g/mol. The number of nitrogens with two attached hydrogens (primary N) is 1. The van der Waals surface area contributed by atoms with Gasteiger partial charge in [0.1, 0.15) is 0 Å². The first-order valence-electron chi connectivity index (χ1n) is 8.34. The van der Waals surface area contributed by atoms with E-state index < -0.39 is 0 Å². The van der Waals surface area contributed by atoms with Gasteiger partial charge in [0.05, 0.1) is 25.4 Å². The van der Waals surface area contributed by atoms with Crippen LogP contribution < -0.4 is 5.73 Å². The zero-order valence-corrected chi connectivity index (χ0v) is 14.3. The van der Waals surface area contributed by atoms with Crippen molar-refractivity contribution in [3.05, 3.63) is 0 Å². The van der Waals surface area contributed by atoms with Crippen molar-refractivity contribution in [3.63, 3.8) is 0 Å². The Morgan fingerprint density at radius 3 is 1.90 bits per heavy atom. The van der Waals surface area contributed by atoms with Gasteiger partial charge in [-0.1, -0.05) is 0 Å². The van der Waals surface area contributed by atoms with Crippen molar-refractivity contribution in [1.82, 2.24) is 4.90 Å². The van der Waals surface area contributed by atoms with Crippen LogP contribution in [0.1, 0.15) is 40.5 Å². The van der Waals surface area contributed by atoms with Gasteiger partial charge >= 0.3 is 0 Å². The highest BCUT2D eigenvalue weighted by atomic mass is 16.5. The van der Waals surface area contributed by atoms with Crippen molar-refractivity contribution in [1.29, 1.82) is 0 Å². The van der Waals surface area contributed by atoms with Crippen LogP contribution in [0.4, 0.5) is 0 Å². The third kappa shape index (κ3) is 5.83. The molecule has 2 atom stereocenters. The summed E-state index contributed by atoms with van der Waals surface area (Å²) in [4.78, 5) is 2.47. The number of hydrogen-bond donors (Lipinski definition) is 1. The predicted molar refractivity (Wildman–Crippen MR) is 85.6 cm³/mol. The van der Waals surface area contributed by atoms with Crippen LogP contribution >= 0.6 is 0 Å². The van der Waals surface area contributed by atoms with E-state index in [1.807, 2.05) is 13.8 Å². The van der Waals surface area contributed by atoms with E-state index in [4.69, 9.17) is 19.9 Å². The first-order chi connectivity index (χ1) is 10.1. The van der Waals surface area contributed by atoms with Crippen molar-refractivity contribution in [2.75, 3.05) is 46.1 Å². The molecule has 0 saturated carbocycles. The molecule has 0 aromatic heterocycles. The fourth-order valence-corrected chi connectivity index (χ4v) is 3.42. The highest BCUT2D eigenvalue weighted by molar-refractivity contribution is 4.97. The van der Waals surface area contributed by atoms with E-state index in [0.29, 0.717) is 6.54 Å². The summed E-state index contributed by atoms with van der Waals surface area (Å²) in [5.41, 5.74) is 6.20. The molecule has 1 aliphatic heterocycles. The van der Waals surface area contributed by atoms with Crippen LogP contribution in [0.15, 0.2) is 0 Å². The second-order valence-corrected chi connectivity index (χ2v) is 5.97. The standard InChI is InChI=1S/C16H34N2O3/c1-5-19-9-7-18(8-10-20-6-2)16(13-17)11-14(3)21-15(4)12-16/h14-15H,5-13,17H2,1-4H3. The Kier molecular flexibility index (Phi) is 8.74. The largest absolute Gasteiger partial charge is 0.380 e. The number of ether oxygens (including phenoxy) is 3. The second-order valence-electron chi connectivity index (χ2n) is 5.97. The topological polar surface area (TPSA) is 57.0 Å². The highest BCUT2D eigenvalue weighted by Crippen LogP contribution is 2.33. The lowest BCUT2D eigenvalue weighted by Gasteiger charge is -2.49. The van der Waals surface area contributed by atoms with Gasteiger partial charge < -0.3 is 19.9 Å². The van der Waals surface area contributed by atoms with Crippen molar-refractivity contribution in [3.8, 4) is 0 Å². The van der Waals surface area contributed by atoms with Crippen LogP contribution in [0.5, 0.6) is 0 Å². The number of hydrogen-bond acceptors (Lipinski definition) is 5. The van der Waals surface area contributed by atoms with E-state index in [1.54, 1.807) is 0 Å². The second kappa shape index (κ2) is 9.74. The molecule has 21 heavy (non-hydrogen) atoms. The minimum atomic E-state index is 0.00524. The summed E-state index contributed by atoms with van der Waals surface area (Å²) in [7, 11) is 0. The molecule has 0 radical (unpaired) electrons. The minimum Gasteiger partial charge on any atom is -0.380 e. The van der Waals surface area contributed by atoms with Crippen molar-refractivity contribution >= 4 is 0 Å². The lowest BCUT2D eigenvalue weighted by Crippen LogP contribution is -2.61. The maximum absolute atomic E-state index is 6.19. The molecule has 0 aromatic carbocycles. The first-order valence-corrected chi connectivity index (χ1v) is 8.34. The lowest BCUT2D eigenvalue weighted by atomic mass is 9.82. The Bertz CT molecular complexity index is 256. The van der Waals surface area contributed by atoms with Crippen LogP contribution in [0.2, 0.25) is 0 Å². The Morgan fingerprint density at radius 1 is 1.05 bits per heavy atom. The zero-order valence-electron chi connectivity index (χ0n) is 14.3. The number of nitrogens with zero attached hydrogens (tertiary/aromatic N) is 1. The van der Waals surface area contributed by atoms with Gasteiger partial charge in [0.15, 0.2) is 0 Å². The highest BCUT2D eigenvalue weighted by Gasteiger charge is 2.41. The van der Waals surface area contributed by atoms with Crippen LogP contribution in [-0.2, 0) is 14.2 Å². The van der Waals surface area contributed by atoms with Crippen LogP contribution in [0.25, 0.3) is 0 Å².